The summed E-state index contributed by atoms with van der Waals surface area (Å²) in [5, 5.41) is 5.44. The number of halogens is 2. The highest BCUT2D eigenvalue weighted by atomic mass is 35.5. The molecule has 17 heavy (non-hydrogen) atoms. The molecule has 0 aliphatic rings. The smallest absolute Gasteiger partial charge is 0.154 e. The van der Waals surface area contributed by atoms with Gasteiger partial charge in [-0.05, 0) is 30.7 Å². The van der Waals surface area contributed by atoms with Gasteiger partial charge in [-0.25, -0.2) is 0 Å². The number of furan rings is 1. The second-order valence-electron chi connectivity index (χ2n) is 4.36. The molecular weight excluding hydrogens is 257 g/mol. The molecule has 1 N–H and O–H groups in total. The van der Waals surface area contributed by atoms with Crippen molar-refractivity contribution in [3.8, 4) is 0 Å². The largest absolute Gasteiger partial charge is 0.462 e. The topological polar surface area (TPSA) is 25.2 Å². The lowest BCUT2D eigenvalue weighted by atomic mass is 10.1. The highest BCUT2D eigenvalue weighted by molar-refractivity contribution is 6.44. The van der Waals surface area contributed by atoms with Gasteiger partial charge in [0, 0.05) is 11.4 Å². The van der Waals surface area contributed by atoms with Crippen LogP contribution in [0.25, 0.3) is 11.0 Å². The van der Waals surface area contributed by atoms with Crippen molar-refractivity contribution in [2.75, 3.05) is 6.54 Å². The van der Waals surface area contributed by atoms with Gasteiger partial charge >= 0.3 is 0 Å². The Morgan fingerprint density at radius 2 is 2.06 bits per heavy atom. The molecule has 2 nitrogen and oxygen atoms in total. The van der Waals surface area contributed by atoms with E-state index in [1.807, 2.05) is 6.07 Å². The van der Waals surface area contributed by atoms with E-state index in [0.29, 0.717) is 21.7 Å². The summed E-state index contributed by atoms with van der Waals surface area (Å²) < 4.78 is 5.47. The van der Waals surface area contributed by atoms with E-state index in [2.05, 4.69) is 19.2 Å². The molecule has 0 amide bonds. The summed E-state index contributed by atoms with van der Waals surface area (Å²) in [5.41, 5.74) is 1.84. The average molecular weight is 272 g/mol. The van der Waals surface area contributed by atoms with Gasteiger partial charge in [0.05, 0.1) is 11.3 Å². The number of fused-ring (bicyclic) bond motifs is 1. The molecule has 0 fully saturated rings. The van der Waals surface area contributed by atoms with Crippen LogP contribution in [0.5, 0.6) is 0 Å². The van der Waals surface area contributed by atoms with E-state index < -0.39 is 0 Å². The van der Waals surface area contributed by atoms with E-state index >= 15 is 0 Å². The van der Waals surface area contributed by atoms with Gasteiger partial charge in [0.2, 0.25) is 0 Å². The molecule has 1 aromatic carbocycles. The maximum Gasteiger partial charge on any atom is 0.154 e. The van der Waals surface area contributed by atoms with Gasteiger partial charge in [0.1, 0.15) is 5.02 Å². The molecule has 92 valence electrons. The number of nitrogens with one attached hydrogen (secondary N) is 1. The maximum atomic E-state index is 6.08. The van der Waals surface area contributed by atoms with E-state index in [1.165, 1.54) is 0 Å². The van der Waals surface area contributed by atoms with Crippen LogP contribution in [0.2, 0.25) is 10.0 Å². The van der Waals surface area contributed by atoms with Crippen LogP contribution >= 0.6 is 23.2 Å². The Bertz CT molecular complexity index is 519. The first-order chi connectivity index (χ1) is 8.09. The monoisotopic (exact) mass is 271 g/mol. The van der Waals surface area contributed by atoms with Crippen LogP contribution in [0.1, 0.15) is 19.4 Å². The Labute approximate surface area is 111 Å². The second kappa shape index (κ2) is 5.30. The minimum Gasteiger partial charge on any atom is -0.462 e. The maximum absolute atomic E-state index is 6.08. The van der Waals surface area contributed by atoms with Gasteiger partial charge in [-0.2, -0.15) is 0 Å². The molecule has 0 unspecified atom stereocenters. The summed E-state index contributed by atoms with van der Waals surface area (Å²) in [5.74, 6) is 0. The first-order valence-corrected chi connectivity index (χ1v) is 6.42. The van der Waals surface area contributed by atoms with Crippen molar-refractivity contribution in [2.24, 2.45) is 0 Å². The van der Waals surface area contributed by atoms with Crippen molar-refractivity contribution in [2.45, 2.75) is 26.3 Å². The van der Waals surface area contributed by atoms with Gasteiger partial charge < -0.3 is 9.73 Å². The van der Waals surface area contributed by atoms with E-state index in [-0.39, 0.29) is 0 Å². The van der Waals surface area contributed by atoms with Crippen LogP contribution in [0, 0.1) is 0 Å². The minimum absolute atomic E-state index is 0.492. The fraction of sp³-hybridized carbons (Fsp3) is 0.385. The van der Waals surface area contributed by atoms with Crippen LogP contribution < -0.4 is 5.32 Å². The third-order valence-electron chi connectivity index (χ3n) is 2.66. The molecule has 2 rings (SSSR count). The first kappa shape index (κ1) is 12.7. The molecule has 2 aromatic rings. The lowest BCUT2D eigenvalue weighted by Crippen LogP contribution is -2.24. The highest BCUT2D eigenvalue weighted by Gasteiger charge is 2.11. The first-order valence-electron chi connectivity index (χ1n) is 5.67. The Morgan fingerprint density at radius 1 is 1.29 bits per heavy atom. The molecule has 0 bridgehead atoms. The summed E-state index contributed by atoms with van der Waals surface area (Å²) in [6.45, 7) is 5.18. The molecule has 0 aliphatic carbocycles. The Balaban J connectivity index is 2.22. The second-order valence-corrected chi connectivity index (χ2v) is 5.14. The summed E-state index contributed by atoms with van der Waals surface area (Å²) in [7, 11) is 0. The lowest BCUT2D eigenvalue weighted by Gasteiger charge is -2.06. The zero-order valence-electron chi connectivity index (χ0n) is 9.89. The quantitative estimate of drug-likeness (QED) is 0.898. The normalized spacial score (nSPS) is 11.6. The lowest BCUT2D eigenvalue weighted by molar-refractivity contribution is 0.580. The average Bonchev–Trinajstić information content (AvgIpc) is 2.67. The Kier molecular flexibility index (Phi) is 3.97. The fourth-order valence-electron chi connectivity index (χ4n) is 1.78. The molecule has 0 spiro atoms. The molecule has 0 saturated heterocycles. The molecule has 0 radical (unpaired) electrons. The van der Waals surface area contributed by atoms with Crippen molar-refractivity contribution >= 4 is 34.2 Å². The summed E-state index contributed by atoms with van der Waals surface area (Å²) in [4.78, 5) is 0. The Morgan fingerprint density at radius 3 is 2.76 bits per heavy atom. The molecule has 1 heterocycles. The van der Waals surface area contributed by atoms with Crippen LogP contribution in [-0.4, -0.2) is 12.6 Å². The number of benzene rings is 1. The molecule has 0 aliphatic heterocycles. The Hall–Kier alpha value is -0.700. The predicted molar refractivity (Wildman–Crippen MR) is 73.1 cm³/mol. The highest BCUT2D eigenvalue weighted by Crippen LogP contribution is 2.33. The van der Waals surface area contributed by atoms with Gasteiger partial charge in [-0.15, -0.1) is 0 Å². The SMILES string of the molecule is CC(C)NCCc1coc2c(Cl)c(Cl)ccc12. The zero-order valence-corrected chi connectivity index (χ0v) is 11.4. The van der Waals surface area contributed by atoms with Gasteiger partial charge in [0.25, 0.3) is 0 Å². The van der Waals surface area contributed by atoms with Crippen LogP contribution in [0.15, 0.2) is 22.8 Å². The third-order valence-corrected chi connectivity index (χ3v) is 3.45. The van der Waals surface area contributed by atoms with E-state index in [9.17, 15) is 0 Å². The summed E-state index contributed by atoms with van der Waals surface area (Å²) >= 11 is 12.0. The van der Waals surface area contributed by atoms with E-state index in [0.717, 1.165) is 23.9 Å². The van der Waals surface area contributed by atoms with Crippen molar-refractivity contribution < 1.29 is 4.42 Å². The van der Waals surface area contributed by atoms with Crippen molar-refractivity contribution in [1.29, 1.82) is 0 Å². The van der Waals surface area contributed by atoms with Crippen LogP contribution in [0.3, 0.4) is 0 Å². The van der Waals surface area contributed by atoms with Crippen molar-refractivity contribution in [1.82, 2.24) is 5.32 Å². The fourth-order valence-corrected chi connectivity index (χ4v) is 2.14. The number of hydrogen-bond donors (Lipinski definition) is 1. The number of hydrogen-bond acceptors (Lipinski definition) is 2. The van der Waals surface area contributed by atoms with Crippen LogP contribution in [0.4, 0.5) is 0 Å². The van der Waals surface area contributed by atoms with E-state index in [4.69, 9.17) is 27.6 Å². The predicted octanol–water partition coefficient (Wildman–Crippen LogP) is 4.28. The standard InChI is InChI=1S/C13H15Cl2NO/c1-8(2)16-6-5-9-7-17-13-10(9)3-4-11(14)12(13)15/h3-4,7-8,16H,5-6H2,1-2H3. The molecule has 4 heteroatoms. The van der Waals surface area contributed by atoms with Gasteiger partial charge in [0.15, 0.2) is 5.58 Å². The van der Waals surface area contributed by atoms with Crippen molar-refractivity contribution in [3.05, 3.63) is 34.0 Å². The molecule has 0 atom stereocenters. The van der Waals surface area contributed by atoms with Gasteiger partial charge in [-0.3, -0.25) is 0 Å². The van der Waals surface area contributed by atoms with Crippen molar-refractivity contribution in [3.63, 3.8) is 0 Å². The minimum atomic E-state index is 0.492. The molecular formula is C13H15Cl2NO. The molecule has 0 saturated carbocycles. The van der Waals surface area contributed by atoms with E-state index in [1.54, 1.807) is 12.3 Å². The van der Waals surface area contributed by atoms with Gasteiger partial charge in [-0.1, -0.05) is 37.0 Å². The number of rotatable bonds is 4. The summed E-state index contributed by atoms with van der Waals surface area (Å²) in [6, 6.07) is 4.25. The zero-order chi connectivity index (χ0) is 12.4. The molecule has 1 aromatic heterocycles. The third kappa shape index (κ3) is 2.76. The summed E-state index contributed by atoms with van der Waals surface area (Å²) in [6.07, 6.45) is 2.68. The van der Waals surface area contributed by atoms with Crippen LogP contribution in [-0.2, 0) is 6.42 Å².